The first-order valence-corrected chi connectivity index (χ1v) is 6.29. The SMILES string of the molecule is CN1C[C@H](Nc2ccncc2C#N)CC[C@@H]1C(F)(F)F. The molecular weight excluding hydrogens is 269 g/mol. The van der Waals surface area contributed by atoms with Crippen LogP contribution in [0, 0.1) is 11.3 Å². The number of hydrogen-bond acceptors (Lipinski definition) is 4. The van der Waals surface area contributed by atoms with E-state index in [-0.39, 0.29) is 19.0 Å². The Morgan fingerprint density at radius 3 is 2.80 bits per heavy atom. The number of aromatic nitrogens is 1. The van der Waals surface area contributed by atoms with E-state index < -0.39 is 12.2 Å². The highest BCUT2D eigenvalue weighted by Gasteiger charge is 2.44. The Morgan fingerprint density at radius 1 is 1.45 bits per heavy atom. The fraction of sp³-hybridized carbons (Fsp3) is 0.538. The second-order valence-electron chi connectivity index (χ2n) is 4.95. The minimum absolute atomic E-state index is 0.0602. The molecular formula is C13H15F3N4. The van der Waals surface area contributed by atoms with E-state index in [1.54, 1.807) is 12.3 Å². The maximum absolute atomic E-state index is 12.8. The monoisotopic (exact) mass is 284 g/mol. The van der Waals surface area contributed by atoms with Crippen molar-refractivity contribution in [1.29, 1.82) is 5.26 Å². The molecule has 0 amide bonds. The number of nitriles is 1. The molecule has 1 aliphatic rings. The molecule has 20 heavy (non-hydrogen) atoms. The lowest BCUT2D eigenvalue weighted by Crippen LogP contribution is -2.52. The summed E-state index contributed by atoms with van der Waals surface area (Å²) in [6.45, 7) is 0.289. The van der Waals surface area contributed by atoms with Crippen LogP contribution >= 0.6 is 0 Å². The average Bonchev–Trinajstić information content (AvgIpc) is 2.38. The third kappa shape index (κ3) is 3.20. The van der Waals surface area contributed by atoms with E-state index >= 15 is 0 Å². The molecule has 108 valence electrons. The van der Waals surface area contributed by atoms with Gasteiger partial charge in [-0.2, -0.15) is 18.4 Å². The molecule has 1 aromatic rings. The molecule has 1 N–H and O–H groups in total. The second-order valence-corrected chi connectivity index (χ2v) is 4.95. The minimum atomic E-state index is -4.19. The van der Waals surface area contributed by atoms with Gasteiger partial charge in [0.25, 0.3) is 0 Å². The molecule has 2 rings (SSSR count). The summed E-state index contributed by atoms with van der Waals surface area (Å²) in [7, 11) is 1.48. The van der Waals surface area contributed by atoms with Crippen molar-refractivity contribution >= 4 is 5.69 Å². The van der Waals surface area contributed by atoms with E-state index in [0.717, 1.165) is 0 Å². The summed E-state index contributed by atoms with van der Waals surface area (Å²) in [4.78, 5) is 5.16. The molecule has 2 heterocycles. The number of nitrogens with zero attached hydrogens (tertiary/aromatic N) is 3. The van der Waals surface area contributed by atoms with Crippen LogP contribution in [0.25, 0.3) is 0 Å². The molecule has 4 nitrogen and oxygen atoms in total. The molecule has 1 aromatic heterocycles. The molecule has 7 heteroatoms. The summed E-state index contributed by atoms with van der Waals surface area (Å²) >= 11 is 0. The molecule has 0 aliphatic carbocycles. The van der Waals surface area contributed by atoms with Gasteiger partial charge in [-0.15, -0.1) is 0 Å². The Hall–Kier alpha value is -1.81. The Balaban J connectivity index is 2.02. The largest absolute Gasteiger partial charge is 0.404 e. The summed E-state index contributed by atoms with van der Waals surface area (Å²) in [5.41, 5.74) is 1.01. The Morgan fingerprint density at radius 2 is 2.20 bits per heavy atom. The third-order valence-corrected chi connectivity index (χ3v) is 3.51. The van der Waals surface area contributed by atoms with Crippen LogP contribution in [0.4, 0.5) is 18.9 Å². The van der Waals surface area contributed by atoms with Gasteiger partial charge in [-0.25, -0.2) is 0 Å². The average molecular weight is 284 g/mol. The van der Waals surface area contributed by atoms with Gasteiger partial charge in [0, 0.05) is 25.0 Å². The van der Waals surface area contributed by atoms with Crippen LogP contribution in [-0.4, -0.2) is 41.7 Å². The molecule has 0 aromatic carbocycles. The maximum atomic E-state index is 12.8. The van der Waals surface area contributed by atoms with Crippen molar-refractivity contribution in [2.45, 2.75) is 31.1 Å². The summed E-state index contributed by atoms with van der Waals surface area (Å²) in [5, 5.41) is 12.1. The molecule has 0 unspecified atom stereocenters. The van der Waals surface area contributed by atoms with Crippen molar-refractivity contribution in [3.05, 3.63) is 24.0 Å². The Labute approximate surface area is 115 Å². The van der Waals surface area contributed by atoms with Gasteiger partial charge in [0.05, 0.1) is 11.3 Å². The highest BCUT2D eigenvalue weighted by molar-refractivity contribution is 5.56. The fourth-order valence-electron chi connectivity index (χ4n) is 2.51. The number of pyridine rings is 1. The number of alkyl halides is 3. The van der Waals surface area contributed by atoms with Gasteiger partial charge in [-0.05, 0) is 26.0 Å². The summed E-state index contributed by atoms with van der Waals surface area (Å²) in [6, 6.07) is 2.19. The predicted octanol–water partition coefficient (Wildman–Crippen LogP) is 2.39. The van der Waals surface area contributed by atoms with E-state index in [4.69, 9.17) is 5.26 Å². The number of likely N-dealkylation sites (tertiary alicyclic amines) is 1. The predicted molar refractivity (Wildman–Crippen MR) is 68.1 cm³/mol. The number of rotatable bonds is 2. The van der Waals surface area contributed by atoms with Gasteiger partial charge >= 0.3 is 6.18 Å². The third-order valence-electron chi connectivity index (χ3n) is 3.51. The van der Waals surface area contributed by atoms with Crippen LogP contribution in [0.3, 0.4) is 0 Å². The highest BCUT2D eigenvalue weighted by Crippen LogP contribution is 2.31. The molecule has 1 aliphatic heterocycles. The molecule has 1 fully saturated rings. The van der Waals surface area contributed by atoms with E-state index in [9.17, 15) is 13.2 Å². The molecule has 0 radical (unpaired) electrons. The van der Waals surface area contributed by atoms with Gasteiger partial charge in [0.15, 0.2) is 0 Å². The van der Waals surface area contributed by atoms with Gasteiger partial charge in [-0.3, -0.25) is 9.88 Å². The minimum Gasteiger partial charge on any atom is -0.380 e. The number of likely N-dealkylation sites (N-methyl/N-ethyl adjacent to an activating group) is 1. The van der Waals surface area contributed by atoms with Crippen LogP contribution in [-0.2, 0) is 0 Å². The Kier molecular flexibility index (Phi) is 4.14. The number of hydrogen-bond donors (Lipinski definition) is 1. The van der Waals surface area contributed by atoms with Crippen LogP contribution in [0.2, 0.25) is 0 Å². The van der Waals surface area contributed by atoms with Crippen molar-refractivity contribution in [2.24, 2.45) is 0 Å². The first kappa shape index (κ1) is 14.6. The lowest BCUT2D eigenvalue weighted by molar-refractivity contribution is -0.187. The summed E-state index contributed by atoms with van der Waals surface area (Å²) in [5.74, 6) is 0. The first-order valence-electron chi connectivity index (χ1n) is 6.29. The van der Waals surface area contributed by atoms with Gasteiger partial charge in [-0.1, -0.05) is 0 Å². The lowest BCUT2D eigenvalue weighted by Gasteiger charge is -2.38. The summed E-state index contributed by atoms with van der Waals surface area (Å²) < 4.78 is 38.3. The van der Waals surface area contributed by atoms with Crippen molar-refractivity contribution < 1.29 is 13.2 Å². The van der Waals surface area contributed by atoms with Crippen molar-refractivity contribution in [2.75, 3.05) is 18.9 Å². The maximum Gasteiger partial charge on any atom is 0.404 e. The van der Waals surface area contributed by atoms with Crippen LogP contribution in [0.15, 0.2) is 18.5 Å². The molecule has 2 atom stereocenters. The number of halogens is 3. The van der Waals surface area contributed by atoms with Crippen molar-refractivity contribution in [3.63, 3.8) is 0 Å². The number of anilines is 1. The standard InChI is InChI=1S/C13H15F3N4/c1-20-8-10(2-3-12(20)13(14,15)16)19-11-4-5-18-7-9(11)6-17/h4-5,7,10,12H,2-3,8H2,1H3,(H,18,19)/t10-,12-/m1/s1. The summed E-state index contributed by atoms with van der Waals surface area (Å²) in [6.07, 6.45) is -0.720. The van der Waals surface area contributed by atoms with Gasteiger partial charge in [0.2, 0.25) is 0 Å². The molecule has 0 saturated carbocycles. The Bertz CT molecular complexity index is 509. The van der Waals surface area contributed by atoms with Crippen LogP contribution in [0.1, 0.15) is 18.4 Å². The van der Waals surface area contributed by atoms with Crippen molar-refractivity contribution in [3.8, 4) is 6.07 Å². The van der Waals surface area contributed by atoms with Gasteiger partial charge < -0.3 is 5.32 Å². The van der Waals surface area contributed by atoms with Crippen molar-refractivity contribution in [1.82, 2.24) is 9.88 Å². The van der Waals surface area contributed by atoms with E-state index in [1.807, 2.05) is 6.07 Å². The van der Waals surface area contributed by atoms with Gasteiger partial charge in [0.1, 0.15) is 12.1 Å². The quantitative estimate of drug-likeness (QED) is 0.906. The topological polar surface area (TPSA) is 52.0 Å². The molecule has 0 spiro atoms. The normalized spacial score (nSPS) is 24.1. The second kappa shape index (κ2) is 5.67. The zero-order valence-electron chi connectivity index (χ0n) is 11.0. The van der Waals surface area contributed by atoms with E-state index in [1.165, 1.54) is 18.1 Å². The number of piperidine rings is 1. The van der Waals surface area contributed by atoms with Crippen LogP contribution in [0.5, 0.6) is 0 Å². The number of nitrogens with one attached hydrogen (secondary N) is 1. The molecule has 1 saturated heterocycles. The lowest BCUT2D eigenvalue weighted by atomic mass is 9.98. The van der Waals surface area contributed by atoms with Crippen LogP contribution < -0.4 is 5.32 Å². The highest BCUT2D eigenvalue weighted by atomic mass is 19.4. The zero-order valence-corrected chi connectivity index (χ0v) is 11.0. The zero-order chi connectivity index (χ0) is 14.8. The van der Waals surface area contributed by atoms with E-state index in [2.05, 4.69) is 10.3 Å². The first-order chi connectivity index (χ1) is 9.41. The smallest absolute Gasteiger partial charge is 0.380 e. The van der Waals surface area contributed by atoms with E-state index in [0.29, 0.717) is 17.7 Å². The fourth-order valence-corrected chi connectivity index (χ4v) is 2.51. The molecule has 0 bridgehead atoms.